The molecular formula is C19H29NO3. The fourth-order valence-corrected chi connectivity index (χ4v) is 2.36. The van der Waals surface area contributed by atoms with Gasteiger partial charge in [0, 0.05) is 12.0 Å². The van der Waals surface area contributed by atoms with E-state index in [0.717, 1.165) is 12.8 Å². The number of hydrogen-bond donors (Lipinski definition) is 1. The molecule has 0 saturated carbocycles. The summed E-state index contributed by atoms with van der Waals surface area (Å²) in [6.07, 6.45) is 7.47. The number of carbonyl (C=O) groups is 2. The molecule has 0 aromatic heterocycles. The summed E-state index contributed by atoms with van der Waals surface area (Å²) < 4.78 is 5.18. The second kappa shape index (κ2) is 11.8. The first-order valence-electron chi connectivity index (χ1n) is 8.65. The number of benzene rings is 1. The van der Waals surface area contributed by atoms with Crippen molar-refractivity contribution in [1.29, 1.82) is 0 Å². The molecule has 0 radical (unpaired) electrons. The van der Waals surface area contributed by atoms with E-state index in [2.05, 4.69) is 6.92 Å². The van der Waals surface area contributed by atoms with Gasteiger partial charge in [-0.15, -0.1) is 0 Å². The van der Waals surface area contributed by atoms with Gasteiger partial charge >= 0.3 is 5.97 Å². The van der Waals surface area contributed by atoms with E-state index in [9.17, 15) is 9.59 Å². The Hall–Kier alpha value is -1.68. The van der Waals surface area contributed by atoms with Gasteiger partial charge in [0.05, 0.1) is 12.6 Å². The van der Waals surface area contributed by atoms with Crippen LogP contribution in [-0.4, -0.2) is 24.4 Å². The largest absolute Gasteiger partial charge is 0.466 e. The monoisotopic (exact) mass is 319 g/mol. The van der Waals surface area contributed by atoms with Crippen molar-refractivity contribution >= 4 is 11.8 Å². The van der Waals surface area contributed by atoms with Crippen LogP contribution in [0.4, 0.5) is 0 Å². The van der Waals surface area contributed by atoms with Gasteiger partial charge in [-0.25, -0.2) is 0 Å². The summed E-state index contributed by atoms with van der Waals surface area (Å²) in [6, 6.07) is 8.27. The quantitative estimate of drug-likeness (QED) is 0.360. The zero-order valence-corrected chi connectivity index (χ0v) is 14.1. The fraction of sp³-hybridized carbons (Fsp3) is 0.579. The highest BCUT2D eigenvalue weighted by Crippen LogP contribution is 2.08. The summed E-state index contributed by atoms with van der Waals surface area (Å²) in [6.45, 7) is 2.65. The number of rotatable bonds is 12. The molecule has 0 bridgehead atoms. The molecule has 0 heterocycles. The van der Waals surface area contributed by atoms with E-state index in [0.29, 0.717) is 18.6 Å². The molecule has 1 atom stereocenters. The summed E-state index contributed by atoms with van der Waals surface area (Å²) in [5.41, 5.74) is 6.45. The van der Waals surface area contributed by atoms with Crippen LogP contribution in [0.25, 0.3) is 0 Å². The van der Waals surface area contributed by atoms with E-state index in [1.54, 1.807) is 24.3 Å². The molecule has 0 aliphatic carbocycles. The van der Waals surface area contributed by atoms with Crippen LogP contribution >= 0.6 is 0 Å². The normalized spacial score (nSPS) is 11.9. The number of nitrogens with two attached hydrogens (primary N) is 1. The van der Waals surface area contributed by atoms with Crippen LogP contribution in [0.2, 0.25) is 0 Å². The standard InChI is InChI=1S/C19H29NO3/c1-2-3-4-5-6-10-15-23-18(21)14-13-17(20)19(22)16-11-8-7-9-12-16/h7-9,11-12,17H,2-6,10,13-15,20H2,1H3. The number of ketones is 1. The van der Waals surface area contributed by atoms with Gasteiger partial charge in [0.15, 0.2) is 5.78 Å². The van der Waals surface area contributed by atoms with Gasteiger partial charge in [-0.1, -0.05) is 69.4 Å². The molecule has 1 aromatic carbocycles. The molecule has 0 aliphatic rings. The van der Waals surface area contributed by atoms with Crippen molar-refractivity contribution in [3.8, 4) is 0 Å². The summed E-state index contributed by atoms with van der Waals surface area (Å²) in [7, 11) is 0. The van der Waals surface area contributed by atoms with Crippen molar-refractivity contribution in [2.45, 2.75) is 64.3 Å². The summed E-state index contributed by atoms with van der Waals surface area (Å²) in [5, 5.41) is 0. The molecule has 4 nitrogen and oxygen atoms in total. The van der Waals surface area contributed by atoms with Crippen molar-refractivity contribution in [3.63, 3.8) is 0 Å². The Balaban J connectivity index is 2.12. The molecule has 0 saturated heterocycles. The summed E-state index contributed by atoms with van der Waals surface area (Å²) in [5.74, 6) is -0.399. The summed E-state index contributed by atoms with van der Waals surface area (Å²) >= 11 is 0. The van der Waals surface area contributed by atoms with Gasteiger partial charge in [0.2, 0.25) is 0 Å². The minimum Gasteiger partial charge on any atom is -0.466 e. The number of unbranched alkanes of at least 4 members (excludes halogenated alkanes) is 5. The Labute approximate surface area is 139 Å². The van der Waals surface area contributed by atoms with Gasteiger partial charge in [0.1, 0.15) is 0 Å². The Morgan fingerprint density at radius 2 is 1.70 bits per heavy atom. The van der Waals surface area contributed by atoms with Crippen LogP contribution in [0.1, 0.15) is 68.6 Å². The average Bonchev–Trinajstić information content (AvgIpc) is 2.59. The van der Waals surface area contributed by atoms with Crippen LogP contribution in [0.15, 0.2) is 30.3 Å². The van der Waals surface area contributed by atoms with Gasteiger partial charge in [0.25, 0.3) is 0 Å². The molecule has 0 fully saturated rings. The predicted molar refractivity (Wildman–Crippen MR) is 92.3 cm³/mol. The number of Topliss-reactive ketones (excluding diaryl/α,β-unsaturated/α-hetero) is 1. The number of esters is 1. The SMILES string of the molecule is CCCCCCCCOC(=O)CCC(N)C(=O)c1ccccc1. The third kappa shape index (κ3) is 8.50. The second-order valence-electron chi connectivity index (χ2n) is 5.86. The van der Waals surface area contributed by atoms with E-state index in [1.807, 2.05) is 6.07 Å². The van der Waals surface area contributed by atoms with E-state index < -0.39 is 6.04 Å². The van der Waals surface area contributed by atoms with Gasteiger partial charge in [-0.05, 0) is 12.8 Å². The zero-order valence-electron chi connectivity index (χ0n) is 14.1. The van der Waals surface area contributed by atoms with Crippen molar-refractivity contribution in [2.75, 3.05) is 6.61 Å². The third-order valence-electron chi connectivity index (χ3n) is 3.82. The molecule has 0 aliphatic heterocycles. The number of ether oxygens (including phenoxy) is 1. The number of carbonyl (C=O) groups excluding carboxylic acids is 2. The number of hydrogen-bond acceptors (Lipinski definition) is 4. The van der Waals surface area contributed by atoms with Crippen LogP contribution in [-0.2, 0) is 9.53 Å². The highest BCUT2D eigenvalue weighted by atomic mass is 16.5. The first kappa shape index (κ1) is 19.4. The van der Waals surface area contributed by atoms with Crippen molar-refractivity contribution in [1.82, 2.24) is 0 Å². The molecule has 1 unspecified atom stereocenters. The Morgan fingerprint density at radius 3 is 2.39 bits per heavy atom. The molecule has 23 heavy (non-hydrogen) atoms. The van der Waals surface area contributed by atoms with Gasteiger partial charge in [-0.3, -0.25) is 9.59 Å². The van der Waals surface area contributed by atoms with Gasteiger partial charge in [-0.2, -0.15) is 0 Å². The Bertz CT molecular complexity index is 459. The second-order valence-corrected chi connectivity index (χ2v) is 5.86. The smallest absolute Gasteiger partial charge is 0.305 e. The Kier molecular flexibility index (Phi) is 9.96. The van der Waals surface area contributed by atoms with Crippen LogP contribution < -0.4 is 5.73 Å². The maximum absolute atomic E-state index is 12.1. The first-order valence-corrected chi connectivity index (χ1v) is 8.65. The zero-order chi connectivity index (χ0) is 16.9. The lowest BCUT2D eigenvalue weighted by Gasteiger charge is -2.10. The Morgan fingerprint density at radius 1 is 1.04 bits per heavy atom. The van der Waals surface area contributed by atoms with Gasteiger partial charge < -0.3 is 10.5 Å². The van der Waals surface area contributed by atoms with Crippen molar-refractivity contribution in [2.24, 2.45) is 5.73 Å². The molecule has 4 heteroatoms. The van der Waals surface area contributed by atoms with Crippen molar-refractivity contribution < 1.29 is 14.3 Å². The minimum atomic E-state index is -0.654. The van der Waals surface area contributed by atoms with Crippen LogP contribution in [0.5, 0.6) is 0 Å². The average molecular weight is 319 g/mol. The molecule has 0 spiro atoms. The van der Waals surface area contributed by atoms with E-state index in [1.165, 1.54) is 25.7 Å². The molecule has 128 valence electrons. The lowest BCUT2D eigenvalue weighted by molar-refractivity contribution is -0.143. The highest BCUT2D eigenvalue weighted by molar-refractivity contribution is 6.00. The third-order valence-corrected chi connectivity index (χ3v) is 3.82. The van der Waals surface area contributed by atoms with Crippen LogP contribution in [0, 0.1) is 0 Å². The van der Waals surface area contributed by atoms with E-state index in [-0.39, 0.29) is 18.2 Å². The first-order chi connectivity index (χ1) is 11.1. The maximum Gasteiger partial charge on any atom is 0.305 e. The van der Waals surface area contributed by atoms with Crippen LogP contribution in [0.3, 0.4) is 0 Å². The predicted octanol–water partition coefficient (Wildman–Crippen LogP) is 3.88. The van der Waals surface area contributed by atoms with Crippen molar-refractivity contribution in [3.05, 3.63) is 35.9 Å². The molecule has 1 aromatic rings. The van der Waals surface area contributed by atoms with E-state index >= 15 is 0 Å². The molecule has 2 N–H and O–H groups in total. The lowest BCUT2D eigenvalue weighted by Crippen LogP contribution is -2.31. The molecular weight excluding hydrogens is 290 g/mol. The van der Waals surface area contributed by atoms with E-state index in [4.69, 9.17) is 10.5 Å². The summed E-state index contributed by atoms with van der Waals surface area (Å²) in [4.78, 5) is 23.7. The fourth-order valence-electron chi connectivity index (χ4n) is 2.36. The lowest BCUT2D eigenvalue weighted by atomic mass is 10.0. The topological polar surface area (TPSA) is 69.4 Å². The maximum atomic E-state index is 12.1. The minimum absolute atomic E-state index is 0.130. The molecule has 0 amide bonds. The highest BCUT2D eigenvalue weighted by Gasteiger charge is 2.17. The molecule has 1 rings (SSSR count).